The Balaban J connectivity index is 1.66. The number of carbonyl (C=O) groups is 1. The third kappa shape index (κ3) is 3.69. The van der Waals surface area contributed by atoms with Crippen LogP contribution in [0.3, 0.4) is 0 Å². The minimum absolute atomic E-state index is 0.0209. The maximum atomic E-state index is 12.5. The van der Waals surface area contributed by atoms with Gasteiger partial charge in [0, 0.05) is 19.2 Å². The molecule has 1 aromatic heterocycles. The topological polar surface area (TPSA) is 65.4 Å². The first-order valence-corrected chi connectivity index (χ1v) is 8.98. The smallest absolute Gasteiger partial charge is 0.221 e. The second-order valence-electron chi connectivity index (χ2n) is 7.30. The molecule has 0 unspecified atom stereocenters. The number of aromatic nitrogens is 2. The van der Waals surface area contributed by atoms with Gasteiger partial charge >= 0.3 is 0 Å². The van der Waals surface area contributed by atoms with Gasteiger partial charge in [-0.2, -0.15) is 5.10 Å². The number of carbonyl (C=O) groups excluding carboxylic acids is 1. The molecule has 1 aliphatic rings. The van der Waals surface area contributed by atoms with E-state index in [4.69, 9.17) is 9.47 Å². The maximum Gasteiger partial charge on any atom is 0.221 e. The Hall–Kier alpha value is -2.50. The molecule has 0 fully saturated rings. The van der Waals surface area contributed by atoms with Crippen molar-refractivity contribution < 1.29 is 14.3 Å². The summed E-state index contributed by atoms with van der Waals surface area (Å²) in [6, 6.07) is 5.83. The van der Waals surface area contributed by atoms with Gasteiger partial charge in [0.2, 0.25) is 5.91 Å². The van der Waals surface area contributed by atoms with Crippen molar-refractivity contribution in [2.75, 3.05) is 13.2 Å². The summed E-state index contributed by atoms with van der Waals surface area (Å²) in [5.41, 5.74) is 3.75. The molecule has 0 bridgehead atoms. The van der Waals surface area contributed by atoms with Crippen molar-refractivity contribution in [2.45, 2.75) is 46.1 Å². The molecule has 1 amide bonds. The number of nitrogens with zero attached hydrogens (tertiary/aromatic N) is 2. The van der Waals surface area contributed by atoms with E-state index in [1.807, 2.05) is 57.6 Å². The highest BCUT2D eigenvalue weighted by Crippen LogP contribution is 2.34. The third-order valence-corrected chi connectivity index (χ3v) is 4.98. The maximum absolute atomic E-state index is 12.5. The lowest BCUT2D eigenvalue weighted by Gasteiger charge is -2.28. The van der Waals surface area contributed by atoms with E-state index in [2.05, 4.69) is 10.4 Å². The van der Waals surface area contributed by atoms with Crippen LogP contribution in [-0.2, 0) is 23.8 Å². The molecule has 26 heavy (non-hydrogen) atoms. The summed E-state index contributed by atoms with van der Waals surface area (Å²) in [6.07, 6.45) is 1.12. The average molecular weight is 357 g/mol. The summed E-state index contributed by atoms with van der Waals surface area (Å²) in [7, 11) is 1.93. The molecule has 0 spiro atoms. The molecule has 2 aromatic rings. The van der Waals surface area contributed by atoms with Crippen molar-refractivity contribution in [3.63, 3.8) is 0 Å². The number of rotatable bonds is 5. The van der Waals surface area contributed by atoms with Gasteiger partial charge in [-0.3, -0.25) is 9.48 Å². The number of hydrogen-bond acceptors (Lipinski definition) is 4. The first kappa shape index (κ1) is 18.3. The van der Waals surface area contributed by atoms with Crippen LogP contribution in [0.4, 0.5) is 0 Å². The first-order chi connectivity index (χ1) is 12.3. The van der Waals surface area contributed by atoms with E-state index >= 15 is 0 Å². The van der Waals surface area contributed by atoms with E-state index in [1.165, 1.54) is 0 Å². The standard InChI is InChI=1S/C20H27N3O3/c1-13-16(14(2)23(5)22-13)7-9-19(24)21-20(3,4)15-6-8-17-18(12-15)26-11-10-25-17/h6,8,12H,7,9-11H2,1-5H3,(H,21,24). The van der Waals surface area contributed by atoms with Gasteiger partial charge in [0.05, 0.1) is 11.2 Å². The highest BCUT2D eigenvalue weighted by Gasteiger charge is 2.25. The molecule has 1 N–H and O–H groups in total. The van der Waals surface area contributed by atoms with E-state index in [-0.39, 0.29) is 5.91 Å². The summed E-state index contributed by atoms with van der Waals surface area (Å²) < 4.78 is 13.1. The number of nitrogens with one attached hydrogen (secondary N) is 1. The molecule has 0 radical (unpaired) electrons. The molecular formula is C20H27N3O3. The summed E-state index contributed by atoms with van der Waals surface area (Å²) in [5.74, 6) is 1.51. The molecule has 6 heteroatoms. The fourth-order valence-electron chi connectivity index (χ4n) is 3.33. The highest BCUT2D eigenvalue weighted by atomic mass is 16.6. The zero-order valence-electron chi connectivity index (χ0n) is 16.2. The fraction of sp³-hybridized carbons (Fsp3) is 0.500. The predicted octanol–water partition coefficient (Wildman–Crippen LogP) is 2.79. The van der Waals surface area contributed by atoms with Crippen molar-refractivity contribution in [3.05, 3.63) is 40.7 Å². The van der Waals surface area contributed by atoms with Crippen LogP contribution in [-0.4, -0.2) is 28.9 Å². The molecule has 140 valence electrons. The quantitative estimate of drug-likeness (QED) is 0.894. The lowest BCUT2D eigenvalue weighted by atomic mass is 9.93. The van der Waals surface area contributed by atoms with Crippen molar-refractivity contribution >= 4 is 5.91 Å². The Labute approximate surface area is 154 Å². The van der Waals surface area contributed by atoms with Crippen molar-refractivity contribution in [1.82, 2.24) is 15.1 Å². The van der Waals surface area contributed by atoms with Gasteiger partial charge in [-0.15, -0.1) is 0 Å². The van der Waals surface area contributed by atoms with Crippen LogP contribution in [0.15, 0.2) is 18.2 Å². The SMILES string of the molecule is Cc1nn(C)c(C)c1CCC(=O)NC(C)(C)c1ccc2c(c1)OCCO2. The van der Waals surface area contributed by atoms with E-state index in [0.717, 1.165) is 34.0 Å². The molecule has 3 rings (SSSR count). The number of fused-ring (bicyclic) bond motifs is 1. The molecule has 2 heterocycles. The molecule has 1 aliphatic heterocycles. The van der Waals surface area contributed by atoms with E-state index in [9.17, 15) is 4.79 Å². The summed E-state index contributed by atoms with van der Waals surface area (Å²) in [5, 5.41) is 7.54. The molecule has 0 atom stereocenters. The Kier molecular flexibility index (Phi) is 4.94. The van der Waals surface area contributed by atoms with Crippen LogP contribution in [0.25, 0.3) is 0 Å². The second kappa shape index (κ2) is 7.02. The average Bonchev–Trinajstić information content (AvgIpc) is 2.84. The van der Waals surface area contributed by atoms with Gasteiger partial charge in [-0.1, -0.05) is 6.07 Å². The second-order valence-corrected chi connectivity index (χ2v) is 7.30. The molecule has 0 aliphatic carbocycles. The van der Waals surface area contributed by atoms with E-state index < -0.39 is 5.54 Å². The van der Waals surface area contributed by atoms with Crippen LogP contribution in [0.5, 0.6) is 11.5 Å². The monoisotopic (exact) mass is 357 g/mol. The summed E-state index contributed by atoms with van der Waals surface area (Å²) in [4.78, 5) is 12.5. The molecule has 0 saturated carbocycles. The third-order valence-electron chi connectivity index (χ3n) is 4.98. The predicted molar refractivity (Wildman–Crippen MR) is 99.6 cm³/mol. The van der Waals surface area contributed by atoms with Crippen molar-refractivity contribution in [2.24, 2.45) is 7.05 Å². The van der Waals surface area contributed by atoms with Crippen LogP contribution in [0, 0.1) is 13.8 Å². The molecular weight excluding hydrogens is 330 g/mol. The van der Waals surface area contributed by atoms with Crippen molar-refractivity contribution in [1.29, 1.82) is 0 Å². The molecule has 1 aromatic carbocycles. The zero-order valence-corrected chi connectivity index (χ0v) is 16.2. The highest BCUT2D eigenvalue weighted by molar-refractivity contribution is 5.77. The Morgan fingerprint density at radius 1 is 1.23 bits per heavy atom. The van der Waals surface area contributed by atoms with Gasteiger partial charge < -0.3 is 14.8 Å². The summed E-state index contributed by atoms with van der Waals surface area (Å²) in [6.45, 7) is 9.13. The van der Waals surface area contributed by atoms with Crippen LogP contribution < -0.4 is 14.8 Å². The lowest BCUT2D eigenvalue weighted by Crippen LogP contribution is -2.41. The van der Waals surface area contributed by atoms with Gasteiger partial charge in [0.1, 0.15) is 13.2 Å². The zero-order chi connectivity index (χ0) is 18.9. The van der Waals surface area contributed by atoms with Gasteiger partial charge in [-0.05, 0) is 57.4 Å². The minimum atomic E-state index is -0.494. The van der Waals surface area contributed by atoms with Gasteiger partial charge in [0.25, 0.3) is 0 Å². The van der Waals surface area contributed by atoms with Gasteiger partial charge in [-0.25, -0.2) is 0 Å². The number of hydrogen-bond donors (Lipinski definition) is 1. The van der Waals surface area contributed by atoms with Crippen LogP contribution in [0.2, 0.25) is 0 Å². The first-order valence-electron chi connectivity index (χ1n) is 8.98. The Bertz CT molecular complexity index is 824. The fourth-order valence-corrected chi connectivity index (χ4v) is 3.33. The van der Waals surface area contributed by atoms with Crippen LogP contribution in [0.1, 0.15) is 42.8 Å². The lowest BCUT2D eigenvalue weighted by molar-refractivity contribution is -0.122. The van der Waals surface area contributed by atoms with Gasteiger partial charge in [0.15, 0.2) is 11.5 Å². The molecule has 0 saturated heterocycles. The van der Waals surface area contributed by atoms with E-state index in [0.29, 0.717) is 26.1 Å². The minimum Gasteiger partial charge on any atom is -0.486 e. The normalized spacial score (nSPS) is 13.6. The Morgan fingerprint density at radius 2 is 1.92 bits per heavy atom. The summed E-state index contributed by atoms with van der Waals surface area (Å²) >= 11 is 0. The molecule has 6 nitrogen and oxygen atoms in total. The van der Waals surface area contributed by atoms with Crippen molar-refractivity contribution in [3.8, 4) is 11.5 Å². The number of amides is 1. The van der Waals surface area contributed by atoms with Crippen LogP contribution >= 0.6 is 0 Å². The Morgan fingerprint density at radius 3 is 2.58 bits per heavy atom. The number of benzene rings is 1. The number of ether oxygens (including phenoxy) is 2. The van der Waals surface area contributed by atoms with E-state index in [1.54, 1.807) is 0 Å². The number of aryl methyl sites for hydroxylation is 2. The largest absolute Gasteiger partial charge is 0.486 e.